The SMILES string of the molecule is O=C(Cl)/C=C/c1nc2ccc(Cl)cc2cc1C(=O)O. The minimum Gasteiger partial charge on any atom is -0.478 e. The van der Waals surface area contributed by atoms with Crippen molar-refractivity contribution in [1.29, 1.82) is 0 Å². The molecule has 0 saturated heterocycles. The van der Waals surface area contributed by atoms with Gasteiger partial charge >= 0.3 is 5.97 Å². The van der Waals surface area contributed by atoms with Gasteiger partial charge in [-0.25, -0.2) is 9.78 Å². The molecule has 1 N–H and O–H groups in total. The fourth-order valence-corrected chi connectivity index (χ4v) is 1.85. The number of aromatic nitrogens is 1. The van der Waals surface area contributed by atoms with Crippen molar-refractivity contribution < 1.29 is 14.7 Å². The van der Waals surface area contributed by atoms with Gasteiger partial charge in [-0.15, -0.1) is 0 Å². The molecule has 6 heteroatoms. The van der Waals surface area contributed by atoms with Gasteiger partial charge < -0.3 is 5.11 Å². The van der Waals surface area contributed by atoms with Crippen LogP contribution >= 0.6 is 23.2 Å². The van der Waals surface area contributed by atoms with Crippen molar-refractivity contribution in [3.8, 4) is 0 Å². The van der Waals surface area contributed by atoms with Crippen molar-refractivity contribution in [3.63, 3.8) is 0 Å². The van der Waals surface area contributed by atoms with E-state index in [2.05, 4.69) is 4.98 Å². The van der Waals surface area contributed by atoms with Gasteiger partial charge in [0.15, 0.2) is 0 Å². The summed E-state index contributed by atoms with van der Waals surface area (Å²) in [7, 11) is 0. The lowest BCUT2D eigenvalue weighted by Crippen LogP contribution is -2.02. The van der Waals surface area contributed by atoms with Crippen molar-refractivity contribution in [3.05, 3.63) is 46.6 Å². The van der Waals surface area contributed by atoms with Gasteiger partial charge in [0.25, 0.3) is 0 Å². The van der Waals surface area contributed by atoms with Crippen LogP contribution in [0.2, 0.25) is 5.02 Å². The topological polar surface area (TPSA) is 67.3 Å². The van der Waals surface area contributed by atoms with E-state index in [0.29, 0.717) is 15.9 Å². The van der Waals surface area contributed by atoms with E-state index < -0.39 is 11.2 Å². The first-order valence-electron chi connectivity index (χ1n) is 5.18. The van der Waals surface area contributed by atoms with Gasteiger partial charge in [0, 0.05) is 10.4 Å². The standard InChI is InChI=1S/C13H7Cl2NO3/c14-8-1-2-10-7(5-8)6-9(13(18)19)11(16-10)3-4-12(15)17/h1-6H,(H,18,19)/b4-3+. The summed E-state index contributed by atoms with van der Waals surface area (Å²) < 4.78 is 0. The monoisotopic (exact) mass is 295 g/mol. The van der Waals surface area contributed by atoms with Crippen molar-refractivity contribution in [2.75, 3.05) is 0 Å². The molecule has 0 amide bonds. The number of halogens is 2. The third kappa shape index (κ3) is 3.10. The number of hydrogen-bond acceptors (Lipinski definition) is 3. The third-order valence-corrected chi connectivity index (χ3v) is 2.77. The van der Waals surface area contributed by atoms with Gasteiger partial charge in [-0.3, -0.25) is 4.79 Å². The molecular formula is C13H7Cl2NO3. The molecule has 2 aromatic rings. The van der Waals surface area contributed by atoms with Crippen molar-refractivity contribution in [2.24, 2.45) is 0 Å². The van der Waals surface area contributed by atoms with Crippen molar-refractivity contribution in [1.82, 2.24) is 4.98 Å². The zero-order valence-electron chi connectivity index (χ0n) is 9.43. The molecule has 0 aliphatic rings. The molecule has 0 radical (unpaired) electrons. The van der Waals surface area contributed by atoms with E-state index in [1.165, 1.54) is 12.1 Å². The number of fused-ring (bicyclic) bond motifs is 1. The summed E-state index contributed by atoms with van der Waals surface area (Å²) in [6, 6.07) is 6.39. The Kier molecular flexibility index (Phi) is 3.83. The minimum atomic E-state index is -1.14. The quantitative estimate of drug-likeness (QED) is 0.696. The summed E-state index contributed by atoms with van der Waals surface area (Å²) >= 11 is 11.0. The molecule has 19 heavy (non-hydrogen) atoms. The normalized spacial score (nSPS) is 11.1. The number of carboxylic acid groups (broad SMARTS) is 1. The van der Waals surface area contributed by atoms with E-state index in [-0.39, 0.29) is 11.3 Å². The van der Waals surface area contributed by atoms with E-state index in [9.17, 15) is 9.59 Å². The van der Waals surface area contributed by atoms with Gasteiger partial charge in [0.05, 0.1) is 16.8 Å². The third-order valence-electron chi connectivity index (χ3n) is 2.41. The van der Waals surface area contributed by atoms with Crippen LogP contribution in [-0.2, 0) is 4.79 Å². The highest BCUT2D eigenvalue weighted by Gasteiger charge is 2.11. The minimum absolute atomic E-state index is 0.0241. The Morgan fingerprint density at radius 3 is 2.63 bits per heavy atom. The lowest BCUT2D eigenvalue weighted by molar-refractivity contribution is -0.107. The number of rotatable bonds is 3. The molecule has 4 nitrogen and oxygen atoms in total. The van der Waals surface area contributed by atoms with E-state index in [0.717, 1.165) is 6.08 Å². The average molecular weight is 296 g/mol. The van der Waals surface area contributed by atoms with Crippen LogP contribution in [0.15, 0.2) is 30.3 Å². The van der Waals surface area contributed by atoms with Crippen LogP contribution in [0.4, 0.5) is 0 Å². The van der Waals surface area contributed by atoms with E-state index in [1.807, 2.05) is 0 Å². The second kappa shape index (κ2) is 5.38. The molecule has 0 bridgehead atoms. The van der Waals surface area contributed by atoms with Crippen LogP contribution < -0.4 is 0 Å². The zero-order valence-corrected chi connectivity index (χ0v) is 10.9. The smallest absolute Gasteiger partial charge is 0.337 e. The van der Waals surface area contributed by atoms with Gasteiger partial charge in [-0.2, -0.15) is 0 Å². The number of benzene rings is 1. The molecular weight excluding hydrogens is 289 g/mol. The maximum atomic E-state index is 11.2. The Morgan fingerprint density at radius 2 is 2.00 bits per heavy atom. The summed E-state index contributed by atoms with van der Waals surface area (Å²) in [5.74, 6) is -1.14. The second-order valence-electron chi connectivity index (χ2n) is 3.70. The highest BCUT2D eigenvalue weighted by atomic mass is 35.5. The maximum absolute atomic E-state index is 11.2. The fraction of sp³-hybridized carbons (Fsp3) is 0. The van der Waals surface area contributed by atoms with Crippen molar-refractivity contribution in [2.45, 2.75) is 0 Å². The first-order chi connectivity index (χ1) is 8.97. The van der Waals surface area contributed by atoms with Crippen LogP contribution in [0.3, 0.4) is 0 Å². The Hall–Kier alpha value is -1.91. The molecule has 0 fully saturated rings. The Labute approximate surface area is 118 Å². The van der Waals surface area contributed by atoms with Gasteiger partial charge in [-0.1, -0.05) is 11.6 Å². The van der Waals surface area contributed by atoms with Gasteiger partial charge in [0.1, 0.15) is 0 Å². The van der Waals surface area contributed by atoms with Crippen LogP contribution in [0.5, 0.6) is 0 Å². The maximum Gasteiger partial charge on any atom is 0.337 e. The molecule has 96 valence electrons. The Balaban J connectivity index is 2.67. The fourth-order valence-electron chi connectivity index (χ4n) is 1.61. The largest absolute Gasteiger partial charge is 0.478 e. The number of carboxylic acids is 1. The summed E-state index contributed by atoms with van der Waals surface area (Å²) in [5, 5.41) is 9.54. The summed E-state index contributed by atoms with van der Waals surface area (Å²) in [5.41, 5.74) is 0.719. The van der Waals surface area contributed by atoms with Crippen molar-refractivity contribution >= 4 is 51.4 Å². The molecule has 0 spiro atoms. The van der Waals surface area contributed by atoms with E-state index in [1.54, 1.807) is 18.2 Å². The number of pyridine rings is 1. The Bertz CT molecular complexity index is 710. The van der Waals surface area contributed by atoms with Gasteiger partial charge in [-0.05, 0) is 48.0 Å². The molecule has 2 rings (SSSR count). The number of carbonyl (C=O) groups excluding carboxylic acids is 1. The molecule has 0 saturated carbocycles. The number of hydrogen-bond donors (Lipinski definition) is 1. The van der Waals surface area contributed by atoms with E-state index in [4.69, 9.17) is 28.3 Å². The lowest BCUT2D eigenvalue weighted by Gasteiger charge is -2.04. The van der Waals surface area contributed by atoms with Crippen LogP contribution in [0.1, 0.15) is 16.1 Å². The first kappa shape index (κ1) is 13.5. The van der Waals surface area contributed by atoms with E-state index >= 15 is 0 Å². The van der Waals surface area contributed by atoms with Crippen LogP contribution in [0.25, 0.3) is 17.0 Å². The molecule has 1 aromatic carbocycles. The predicted octanol–water partition coefficient (Wildman–Crippen LogP) is 3.37. The highest BCUT2D eigenvalue weighted by molar-refractivity contribution is 6.66. The molecule has 1 heterocycles. The second-order valence-corrected chi connectivity index (χ2v) is 4.51. The lowest BCUT2D eigenvalue weighted by atomic mass is 10.1. The highest BCUT2D eigenvalue weighted by Crippen LogP contribution is 2.21. The van der Waals surface area contributed by atoms with Crippen LogP contribution in [-0.4, -0.2) is 21.3 Å². The molecule has 1 aromatic heterocycles. The zero-order chi connectivity index (χ0) is 14.0. The predicted molar refractivity (Wildman–Crippen MR) is 73.6 cm³/mol. The number of aromatic carboxylic acids is 1. The molecule has 0 unspecified atom stereocenters. The number of allylic oxidation sites excluding steroid dienone is 1. The first-order valence-corrected chi connectivity index (χ1v) is 5.94. The summed E-state index contributed by atoms with van der Waals surface area (Å²) in [4.78, 5) is 26.0. The number of carbonyl (C=O) groups is 2. The summed E-state index contributed by atoms with van der Waals surface area (Å²) in [6.07, 6.45) is 2.32. The number of nitrogens with zero attached hydrogens (tertiary/aromatic N) is 1. The van der Waals surface area contributed by atoms with Gasteiger partial charge in [0.2, 0.25) is 5.24 Å². The average Bonchev–Trinajstić information content (AvgIpc) is 2.35. The van der Waals surface area contributed by atoms with Crippen LogP contribution in [0, 0.1) is 0 Å². The molecule has 0 atom stereocenters. The Morgan fingerprint density at radius 1 is 1.26 bits per heavy atom. The molecule has 0 aliphatic carbocycles. The summed E-state index contributed by atoms with van der Waals surface area (Å²) in [6.45, 7) is 0. The molecule has 0 aliphatic heterocycles.